The molecular weight excluding hydrogens is 1060 g/mol. The summed E-state index contributed by atoms with van der Waals surface area (Å²) < 4.78 is 23.8. The number of allylic oxidation sites excluding steroid dienone is 7. The predicted octanol–water partition coefficient (Wildman–Crippen LogP) is 23.8. The maximum atomic E-state index is 13.1. The highest BCUT2D eigenvalue weighted by atomic mass is 31.2. The summed E-state index contributed by atoms with van der Waals surface area (Å²) >= 11 is 0. The van der Waals surface area contributed by atoms with Crippen molar-refractivity contribution in [1.29, 1.82) is 0 Å². The number of unbranched alkanes of at least 4 members (excludes halogenated alkanes) is 50. The van der Waals surface area contributed by atoms with Crippen molar-refractivity contribution in [2.45, 2.75) is 386 Å². The molecule has 0 radical (unpaired) electrons. The third-order valence-electron chi connectivity index (χ3n) is 17.0. The minimum Gasteiger partial charge on any atom is -0.387 e. The number of aliphatic hydroxyl groups excluding tert-OH is 1. The van der Waals surface area contributed by atoms with Crippen LogP contribution in [0.5, 0.6) is 0 Å². The molecule has 0 rings (SSSR count). The van der Waals surface area contributed by atoms with E-state index in [0.717, 1.165) is 44.9 Å². The summed E-state index contributed by atoms with van der Waals surface area (Å²) in [7, 11) is 1.57. The van der Waals surface area contributed by atoms with Crippen molar-refractivity contribution in [3.05, 3.63) is 48.6 Å². The quantitative estimate of drug-likeness (QED) is 0.0243. The number of aliphatic hydroxyl groups is 1. The molecule has 3 N–H and O–H groups in total. The Morgan fingerprint density at radius 2 is 0.690 bits per heavy atom. The summed E-state index contributed by atoms with van der Waals surface area (Å²) in [4.78, 5) is 23.4. The number of nitrogens with one attached hydrogen (secondary N) is 1. The smallest absolute Gasteiger partial charge is 0.387 e. The van der Waals surface area contributed by atoms with E-state index in [-0.39, 0.29) is 19.1 Å². The Bertz CT molecular complexity index is 1510. The normalized spacial score (nSPS) is 13.8. The van der Waals surface area contributed by atoms with Crippen molar-refractivity contribution >= 4 is 13.7 Å². The summed E-state index contributed by atoms with van der Waals surface area (Å²) in [5.41, 5.74) is 0. The van der Waals surface area contributed by atoms with Crippen LogP contribution in [0.3, 0.4) is 0 Å². The van der Waals surface area contributed by atoms with Crippen LogP contribution in [0, 0.1) is 0 Å². The Hall–Kier alpha value is -1.54. The van der Waals surface area contributed by atoms with E-state index >= 15 is 0 Å². The number of carbonyl (C=O) groups is 1. The molecule has 1 amide bonds. The summed E-state index contributed by atoms with van der Waals surface area (Å²) in [5, 5.41) is 14.0. The molecule has 496 valence electrons. The number of carbonyl (C=O) groups excluding carboxylic acids is 1. The summed E-state index contributed by atoms with van der Waals surface area (Å²) in [6, 6.07) is -0.865. The number of amides is 1. The van der Waals surface area contributed by atoms with Gasteiger partial charge < -0.3 is 19.8 Å². The number of hydrogen-bond acceptors (Lipinski definition) is 5. The van der Waals surface area contributed by atoms with Crippen LogP contribution in [0.2, 0.25) is 0 Å². The van der Waals surface area contributed by atoms with Crippen molar-refractivity contribution in [1.82, 2.24) is 5.32 Å². The zero-order valence-corrected chi connectivity index (χ0v) is 57.8. The Morgan fingerprint density at radius 3 is 1.02 bits per heavy atom. The van der Waals surface area contributed by atoms with Crippen molar-refractivity contribution in [2.75, 3.05) is 40.9 Å². The average molecular weight is 1200 g/mol. The van der Waals surface area contributed by atoms with E-state index < -0.39 is 20.0 Å². The highest BCUT2D eigenvalue weighted by Crippen LogP contribution is 2.43. The van der Waals surface area contributed by atoms with Gasteiger partial charge in [0.05, 0.1) is 39.9 Å². The highest BCUT2D eigenvalue weighted by Gasteiger charge is 2.28. The number of rotatable bonds is 69. The fraction of sp³-hybridized carbons (Fsp3) is 0.880. The third kappa shape index (κ3) is 68.0. The zero-order chi connectivity index (χ0) is 61.2. The standard InChI is InChI=1S/C75H145N2O6P/c1-6-8-10-12-14-16-18-20-22-24-26-28-30-32-33-34-35-36-37-38-39-40-41-42-43-45-47-49-51-53-55-57-59-61-63-65-67-69-75(79)76-73(72-83-84(80,81)82-71-70-77(3,4)5)74(78)68-66-64-62-60-58-56-54-52-50-48-46-44-31-29-27-25-23-21-19-17-15-13-11-9-7-2/h33-34,36-37,58,60,66,68,73-74,78H,6-32,35,38-57,59,61-65,67,69-72H2,1-5H3,(H-,76,79,80,81)/p+1/b34-33-,37-36-,60-58+,68-66+. The van der Waals surface area contributed by atoms with Gasteiger partial charge in [-0.2, -0.15) is 0 Å². The van der Waals surface area contributed by atoms with Gasteiger partial charge in [0, 0.05) is 6.42 Å². The monoisotopic (exact) mass is 1200 g/mol. The largest absolute Gasteiger partial charge is 0.472 e. The molecule has 0 aromatic rings. The topological polar surface area (TPSA) is 105 Å². The van der Waals surface area contributed by atoms with Crippen LogP contribution in [0.25, 0.3) is 0 Å². The molecule has 0 bridgehead atoms. The van der Waals surface area contributed by atoms with E-state index in [1.165, 1.54) is 308 Å². The van der Waals surface area contributed by atoms with Gasteiger partial charge in [0.25, 0.3) is 0 Å². The Kier molecular flexibility index (Phi) is 64.7. The molecule has 0 spiro atoms. The maximum absolute atomic E-state index is 13.1. The van der Waals surface area contributed by atoms with Gasteiger partial charge in [0.15, 0.2) is 0 Å². The number of phosphoric acid groups is 1. The molecular formula is C75H146N2O6P+. The van der Waals surface area contributed by atoms with Crippen LogP contribution in [0.4, 0.5) is 0 Å². The van der Waals surface area contributed by atoms with Crippen LogP contribution >= 0.6 is 7.82 Å². The van der Waals surface area contributed by atoms with E-state index in [4.69, 9.17) is 9.05 Å². The van der Waals surface area contributed by atoms with Gasteiger partial charge in [0.2, 0.25) is 5.91 Å². The fourth-order valence-electron chi connectivity index (χ4n) is 11.3. The van der Waals surface area contributed by atoms with Crippen LogP contribution in [-0.4, -0.2) is 73.4 Å². The predicted molar refractivity (Wildman–Crippen MR) is 369 cm³/mol. The minimum absolute atomic E-state index is 0.0569. The summed E-state index contributed by atoms with van der Waals surface area (Å²) in [6.07, 6.45) is 90.0. The molecule has 8 nitrogen and oxygen atoms in total. The molecule has 3 unspecified atom stereocenters. The molecule has 0 saturated carbocycles. The number of phosphoric ester groups is 1. The van der Waals surface area contributed by atoms with E-state index in [1.54, 1.807) is 6.08 Å². The lowest BCUT2D eigenvalue weighted by molar-refractivity contribution is -0.870. The van der Waals surface area contributed by atoms with Gasteiger partial charge in [-0.15, -0.1) is 0 Å². The van der Waals surface area contributed by atoms with E-state index in [2.05, 4.69) is 55.6 Å². The zero-order valence-electron chi connectivity index (χ0n) is 56.9. The third-order valence-corrected chi connectivity index (χ3v) is 18.0. The molecule has 0 aromatic heterocycles. The maximum Gasteiger partial charge on any atom is 0.472 e. The van der Waals surface area contributed by atoms with Gasteiger partial charge in [-0.05, 0) is 64.2 Å². The van der Waals surface area contributed by atoms with Crippen molar-refractivity contribution in [3.8, 4) is 0 Å². The second kappa shape index (κ2) is 65.9. The fourth-order valence-corrected chi connectivity index (χ4v) is 12.0. The number of hydrogen-bond donors (Lipinski definition) is 3. The molecule has 0 saturated heterocycles. The SMILES string of the molecule is CCCCCCCCCCCCCCC/C=C\C/C=C\CCCCCCCCCCCCCCCCCCCC(=O)NC(COP(=O)(O)OCC[N+](C)(C)C)C(O)/C=C/CC/C=C/CCCCCCCCCCCCCCCCCCCCC. The molecule has 0 aliphatic rings. The second-order valence-corrected chi connectivity index (χ2v) is 28.1. The first-order chi connectivity index (χ1) is 41.0. The number of nitrogens with zero attached hydrogens (tertiary/aromatic N) is 1. The van der Waals surface area contributed by atoms with Gasteiger partial charge in [0.1, 0.15) is 13.2 Å². The Balaban J connectivity index is 4.02. The first-order valence-corrected chi connectivity index (χ1v) is 38.5. The highest BCUT2D eigenvalue weighted by molar-refractivity contribution is 7.47. The van der Waals surface area contributed by atoms with Gasteiger partial charge in [-0.1, -0.05) is 351 Å². The summed E-state index contributed by atoms with van der Waals surface area (Å²) in [5.74, 6) is -0.181. The Labute approximate surface area is 524 Å². The number of quaternary nitrogens is 1. The van der Waals surface area contributed by atoms with E-state index in [0.29, 0.717) is 17.4 Å². The van der Waals surface area contributed by atoms with Gasteiger partial charge in [-0.3, -0.25) is 13.8 Å². The van der Waals surface area contributed by atoms with Crippen LogP contribution in [0.1, 0.15) is 373 Å². The van der Waals surface area contributed by atoms with E-state index in [1.807, 2.05) is 27.2 Å². The van der Waals surface area contributed by atoms with Crippen LogP contribution in [-0.2, 0) is 18.4 Å². The molecule has 0 aliphatic carbocycles. The lowest BCUT2D eigenvalue weighted by atomic mass is 10.0. The molecule has 0 aliphatic heterocycles. The second-order valence-electron chi connectivity index (χ2n) is 26.7. The van der Waals surface area contributed by atoms with Gasteiger partial charge >= 0.3 is 7.82 Å². The van der Waals surface area contributed by atoms with Gasteiger partial charge in [-0.25, -0.2) is 4.57 Å². The lowest BCUT2D eigenvalue weighted by Crippen LogP contribution is -2.45. The molecule has 0 heterocycles. The lowest BCUT2D eigenvalue weighted by Gasteiger charge is -2.25. The van der Waals surface area contributed by atoms with Crippen molar-refractivity contribution < 1.29 is 32.9 Å². The average Bonchev–Trinajstić information content (AvgIpc) is 3.56. The molecule has 0 aromatic carbocycles. The minimum atomic E-state index is -4.36. The van der Waals surface area contributed by atoms with Crippen LogP contribution in [0.15, 0.2) is 48.6 Å². The first-order valence-electron chi connectivity index (χ1n) is 37.0. The molecule has 0 fully saturated rings. The first kappa shape index (κ1) is 82.5. The molecule has 3 atom stereocenters. The summed E-state index contributed by atoms with van der Waals surface area (Å²) in [6.45, 7) is 4.85. The van der Waals surface area contributed by atoms with Crippen molar-refractivity contribution in [2.24, 2.45) is 0 Å². The van der Waals surface area contributed by atoms with E-state index in [9.17, 15) is 19.4 Å². The van der Waals surface area contributed by atoms with Crippen molar-refractivity contribution in [3.63, 3.8) is 0 Å². The Morgan fingerprint density at radius 1 is 0.405 bits per heavy atom. The van der Waals surface area contributed by atoms with Crippen LogP contribution < -0.4 is 5.32 Å². The molecule has 84 heavy (non-hydrogen) atoms. The molecule has 9 heteroatoms. The number of likely N-dealkylation sites (N-methyl/N-ethyl adjacent to an activating group) is 1.